The number of rotatable bonds is 7. The fraction of sp³-hybridized carbons (Fsp3) is 0.391. The molecular formula is C23H29NO3. The normalized spacial score (nSPS) is 12.2. The third-order valence-electron chi connectivity index (χ3n) is 4.14. The second kappa shape index (κ2) is 8.85. The molecule has 0 amide bonds. The van der Waals surface area contributed by atoms with E-state index >= 15 is 0 Å². The number of unbranched alkanes of at least 4 members (excludes halogenated alkanes) is 1. The van der Waals surface area contributed by atoms with E-state index in [2.05, 4.69) is 13.5 Å². The van der Waals surface area contributed by atoms with E-state index in [9.17, 15) is 9.59 Å². The van der Waals surface area contributed by atoms with E-state index in [1.54, 1.807) is 12.3 Å². The highest BCUT2D eigenvalue weighted by molar-refractivity contribution is 6.03. The van der Waals surface area contributed by atoms with Gasteiger partial charge in [-0.05, 0) is 51.3 Å². The van der Waals surface area contributed by atoms with Crippen molar-refractivity contribution in [2.45, 2.75) is 59.0 Å². The molecule has 0 bridgehead atoms. The van der Waals surface area contributed by atoms with E-state index in [0.717, 1.165) is 29.3 Å². The number of ketones is 1. The summed E-state index contributed by atoms with van der Waals surface area (Å²) < 4.78 is 7.03. The lowest BCUT2D eigenvalue weighted by molar-refractivity contribution is -0.115. The second-order valence-corrected chi connectivity index (χ2v) is 7.64. The molecule has 4 nitrogen and oxygen atoms in total. The van der Waals surface area contributed by atoms with Crippen LogP contribution in [0.5, 0.6) is 0 Å². The number of Topliss-reactive ketones (excluding diaryl/α,β-unsaturated/α-hetero) is 1. The maximum absolute atomic E-state index is 12.6. The summed E-state index contributed by atoms with van der Waals surface area (Å²) in [4.78, 5) is 25.2. The van der Waals surface area contributed by atoms with Crippen molar-refractivity contribution in [3.63, 3.8) is 0 Å². The van der Waals surface area contributed by atoms with E-state index in [4.69, 9.17) is 4.74 Å². The van der Waals surface area contributed by atoms with Crippen molar-refractivity contribution in [2.24, 2.45) is 0 Å². The van der Waals surface area contributed by atoms with Crippen LogP contribution in [0.2, 0.25) is 0 Å². The molecule has 1 aromatic heterocycles. The summed E-state index contributed by atoms with van der Waals surface area (Å²) in [6.07, 6.45) is 7.81. The first-order chi connectivity index (χ1) is 12.8. The lowest BCUT2D eigenvalue weighted by Gasteiger charge is -2.19. The van der Waals surface area contributed by atoms with Gasteiger partial charge in [-0.1, -0.05) is 37.6 Å². The highest BCUT2D eigenvalue weighted by atomic mass is 16.6. The Kier molecular flexibility index (Phi) is 6.78. The van der Waals surface area contributed by atoms with Gasteiger partial charge in [-0.3, -0.25) is 9.36 Å². The van der Waals surface area contributed by atoms with E-state index in [0.29, 0.717) is 18.4 Å². The highest BCUT2D eigenvalue weighted by Gasteiger charge is 2.20. The molecule has 0 unspecified atom stereocenters. The van der Waals surface area contributed by atoms with Crippen LogP contribution in [0.1, 0.15) is 58.9 Å². The molecule has 4 heteroatoms. The van der Waals surface area contributed by atoms with Crippen LogP contribution < -0.4 is 0 Å². The van der Waals surface area contributed by atoms with Crippen LogP contribution in [0.15, 0.2) is 48.7 Å². The first kappa shape index (κ1) is 20.7. The predicted molar refractivity (Wildman–Crippen MR) is 111 cm³/mol. The Labute approximate surface area is 161 Å². The molecule has 0 N–H and O–H groups in total. The lowest BCUT2D eigenvalue weighted by atomic mass is 10.00. The van der Waals surface area contributed by atoms with Gasteiger partial charge in [0.15, 0.2) is 5.78 Å². The summed E-state index contributed by atoms with van der Waals surface area (Å²) >= 11 is 0. The van der Waals surface area contributed by atoms with Gasteiger partial charge in [0.1, 0.15) is 5.60 Å². The maximum atomic E-state index is 12.6. The minimum absolute atomic E-state index is 0.130. The summed E-state index contributed by atoms with van der Waals surface area (Å²) in [6, 6.07) is 7.63. The van der Waals surface area contributed by atoms with Gasteiger partial charge >= 0.3 is 6.09 Å². The molecule has 0 atom stereocenters. The summed E-state index contributed by atoms with van der Waals surface area (Å²) in [7, 11) is 0. The van der Waals surface area contributed by atoms with E-state index in [-0.39, 0.29) is 5.78 Å². The Bertz CT molecular complexity index is 865. The molecular weight excluding hydrogens is 338 g/mol. The third-order valence-corrected chi connectivity index (χ3v) is 4.14. The van der Waals surface area contributed by atoms with Crippen LogP contribution in [0, 0.1) is 0 Å². The smallest absolute Gasteiger partial charge is 0.419 e. The van der Waals surface area contributed by atoms with Gasteiger partial charge in [0.25, 0.3) is 0 Å². The first-order valence-electron chi connectivity index (χ1n) is 9.45. The number of para-hydroxylation sites is 1. The van der Waals surface area contributed by atoms with E-state index < -0.39 is 11.7 Å². The topological polar surface area (TPSA) is 48.3 Å². The predicted octanol–water partition coefficient (Wildman–Crippen LogP) is 6.14. The Morgan fingerprint density at radius 1 is 1.22 bits per heavy atom. The van der Waals surface area contributed by atoms with Crippen LogP contribution in [-0.4, -0.2) is 22.0 Å². The van der Waals surface area contributed by atoms with Gasteiger partial charge in [0.2, 0.25) is 0 Å². The quantitative estimate of drug-likeness (QED) is 0.436. The van der Waals surface area contributed by atoms with E-state index in [1.165, 1.54) is 4.57 Å². The molecule has 0 saturated heterocycles. The van der Waals surface area contributed by atoms with Crippen molar-refractivity contribution in [3.05, 3.63) is 54.3 Å². The summed E-state index contributed by atoms with van der Waals surface area (Å²) in [5.41, 5.74) is 1.73. The van der Waals surface area contributed by atoms with Crippen LogP contribution in [0.3, 0.4) is 0 Å². The Morgan fingerprint density at radius 3 is 2.56 bits per heavy atom. The maximum Gasteiger partial charge on any atom is 0.419 e. The molecule has 2 aromatic rings. The number of carbonyl (C=O) groups is 2. The highest BCUT2D eigenvalue weighted by Crippen LogP contribution is 2.26. The minimum Gasteiger partial charge on any atom is -0.443 e. The Hall–Kier alpha value is -2.62. The van der Waals surface area contributed by atoms with Gasteiger partial charge in [-0.2, -0.15) is 0 Å². The largest absolute Gasteiger partial charge is 0.443 e. The van der Waals surface area contributed by atoms with Gasteiger partial charge in [-0.25, -0.2) is 4.79 Å². The number of aromatic nitrogens is 1. The number of fused-ring (bicyclic) bond motifs is 1. The number of hydrogen-bond donors (Lipinski definition) is 0. The fourth-order valence-electron chi connectivity index (χ4n) is 2.88. The van der Waals surface area contributed by atoms with Gasteiger partial charge in [0, 0.05) is 23.6 Å². The monoisotopic (exact) mass is 367 g/mol. The molecule has 0 aliphatic heterocycles. The summed E-state index contributed by atoms with van der Waals surface area (Å²) in [5.74, 6) is 0.130. The average molecular weight is 367 g/mol. The van der Waals surface area contributed by atoms with Crippen molar-refractivity contribution in [1.29, 1.82) is 0 Å². The number of ether oxygens (including phenoxy) is 1. The van der Waals surface area contributed by atoms with E-state index in [1.807, 2.05) is 51.1 Å². The zero-order chi connectivity index (χ0) is 20.0. The van der Waals surface area contributed by atoms with Crippen molar-refractivity contribution < 1.29 is 14.3 Å². The molecule has 1 aromatic carbocycles. The number of nitrogens with zero attached hydrogens (tertiary/aromatic N) is 1. The number of hydrogen-bond acceptors (Lipinski definition) is 3. The number of benzene rings is 1. The van der Waals surface area contributed by atoms with Gasteiger partial charge in [0.05, 0.1) is 5.52 Å². The van der Waals surface area contributed by atoms with Crippen LogP contribution in [0.4, 0.5) is 4.79 Å². The van der Waals surface area contributed by atoms with Crippen LogP contribution in [-0.2, 0) is 9.53 Å². The zero-order valence-electron chi connectivity index (χ0n) is 16.7. The second-order valence-electron chi connectivity index (χ2n) is 7.64. The molecule has 0 radical (unpaired) electrons. The Balaban J connectivity index is 2.50. The molecule has 0 saturated carbocycles. The van der Waals surface area contributed by atoms with Gasteiger partial charge in [-0.15, -0.1) is 6.58 Å². The Morgan fingerprint density at radius 2 is 1.93 bits per heavy atom. The molecule has 0 fully saturated rings. The van der Waals surface area contributed by atoms with Crippen LogP contribution >= 0.6 is 0 Å². The SMILES string of the molecule is C=CC/C(=C\c1cn(C(=O)OC(C)(C)C)c2ccccc12)C(=O)CCCC. The summed E-state index contributed by atoms with van der Waals surface area (Å²) in [6.45, 7) is 11.4. The molecule has 27 heavy (non-hydrogen) atoms. The third kappa shape index (κ3) is 5.43. The minimum atomic E-state index is -0.581. The molecule has 0 aliphatic rings. The van der Waals surface area contributed by atoms with Crippen molar-refractivity contribution in [1.82, 2.24) is 4.57 Å². The molecule has 0 aliphatic carbocycles. The van der Waals surface area contributed by atoms with Crippen molar-refractivity contribution in [2.75, 3.05) is 0 Å². The van der Waals surface area contributed by atoms with Crippen LogP contribution in [0.25, 0.3) is 17.0 Å². The molecule has 2 rings (SSSR count). The van der Waals surface area contributed by atoms with Crippen molar-refractivity contribution in [3.8, 4) is 0 Å². The molecule has 0 spiro atoms. The zero-order valence-corrected chi connectivity index (χ0v) is 16.7. The number of carbonyl (C=O) groups excluding carboxylic acids is 2. The molecule has 1 heterocycles. The fourth-order valence-corrected chi connectivity index (χ4v) is 2.88. The molecule has 144 valence electrons. The lowest BCUT2D eigenvalue weighted by Crippen LogP contribution is -2.26. The number of allylic oxidation sites excluding steroid dienone is 2. The van der Waals surface area contributed by atoms with Crippen molar-refractivity contribution >= 4 is 28.9 Å². The first-order valence-corrected chi connectivity index (χ1v) is 9.45. The van der Waals surface area contributed by atoms with Gasteiger partial charge < -0.3 is 4.74 Å². The summed E-state index contributed by atoms with van der Waals surface area (Å²) in [5, 5.41) is 0.910. The average Bonchev–Trinajstić information content (AvgIpc) is 2.97. The standard InChI is InChI=1S/C23H29NO3/c1-6-8-14-21(25)17(11-7-2)15-18-16-24(22(26)27-23(3,4)5)20-13-10-9-12-19(18)20/h7,9-10,12-13,15-16H,2,6,8,11,14H2,1,3-5H3/b17-15+.